The van der Waals surface area contributed by atoms with Crippen LogP contribution in [0.15, 0.2) is 23.4 Å². The Morgan fingerprint density at radius 2 is 2.24 bits per heavy atom. The minimum atomic E-state index is -3.53. The number of benzene rings is 1. The van der Waals surface area contributed by atoms with Gasteiger partial charge >= 0.3 is 0 Å². The minimum Gasteiger partial charge on any atom is -0.409 e. The summed E-state index contributed by atoms with van der Waals surface area (Å²) in [6.45, 7) is 2.09. The molecule has 0 spiro atoms. The molecule has 9 heteroatoms. The molecule has 4 N–H and O–H groups in total. The molecule has 0 amide bonds. The van der Waals surface area contributed by atoms with Crippen molar-refractivity contribution in [1.29, 1.82) is 0 Å². The summed E-state index contributed by atoms with van der Waals surface area (Å²) >= 11 is 0. The molecule has 0 atom stereocenters. The maximum Gasteiger partial charge on any atom is 0.214 e. The van der Waals surface area contributed by atoms with Gasteiger partial charge in [-0.25, -0.2) is 17.5 Å². The second-order valence-corrected chi connectivity index (χ2v) is 6.05. The third kappa shape index (κ3) is 5.66. The van der Waals surface area contributed by atoms with Crippen LogP contribution < -0.4 is 10.5 Å². The van der Waals surface area contributed by atoms with Gasteiger partial charge in [0.05, 0.1) is 12.4 Å². The lowest BCUT2D eigenvalue weighted by molar-refractivity contribution is 0.163. The maximum absolute atomic E-state index is 13.8. The first-order valence-corrected chi connectivity index (χ1v) is 7.86. The normalized spacial score (nSPS) is 12.6. The van der Waals surface area contributed by atoms with Gasteiger partial charge in [0.15, 0.2) is 5.84 Å². The number of hydrogen-bond acceptors (Lipinski definition) is 5. The Balaban J connectivity index is 2.68. The molecular weight excluding hydrogens is 301 g/mol. The first kappa shape index (κ1) is 17.3. The predicted molar refractivity (Wildman–Crippen MR) is 76.0 cm³/mol. The van der Waals surface area contributed by atoms with E-state index in [-0.39, 0.29) is 35.9 Å². The number of halogens is 1. The van der Waals surface area contributed by atoms with Crippen molar-refractivity contribution in [2.24, 2.45) is 10.9 Å². The topological polar surface area (TPSA) is 114 Å². The third-order valence-corrected chi connectivity index (χ3v) is 3.93. The van der Waals surface area contributed by atoms with Crippen LogP contribution in [0.25, 0.3) is 0 Å². The van der Waals surface area contributed by atoms with Crippen LogP contribution in [-0.4, -0.2) is 38.4 Å². The smallest absolute Gasteiger partial charge is 0.214 e. The van der Waals surface area contributed by atoms with Crippen molar-refractivity contribution in [3.63, 3.8) is 0 Å². The summed E-state index contributed by atoms with van der Waals surface area (Å²) in [4.78, 5) is 0. The van der Waals surface area contributed by atoms with Crippen LogP contribution in [0.1, 0.15) is 18.1 Å². The van der Waals surface area contributed by atoms with Crippen molar-refractivity contribution < 1.29 is 22.8 Å². The zero-order valence-corrected chi connectivity index (χ0v) is 12.4. The number of amidine groups is 1. The minimum absolute atomic E-state index is 0.0801. The molecule has 0 aromatic heterocycles. The third-order valence-electron chi connectivity index (χ3n) is 2.64. The first-order valence-electron chi connectivity index (χ1n) is 6.21. The molecule has 0 aliphatic rings. The molecule has 1 aromatic rings. The average Bonchev–Trinajstić information content (AvgIpc) is 2.45. The number of sulfonamides is 1. The van der Waals surface area contributed by atoms with Crippen LogP contribution in [0, 0.1) is 5.82 Å². The number of nitrogens with one attached hydrogen (secondary N) is 1. The Labute approximate surface area is 122 Å². The van der Waals surface area contributed by atoms with Crippen molar-refractivity contribution in [2.75, 3.05) is 19.0 Å². The molecule has 0 saturated carbocycles. The van der Waals surface area contributed by atoms with E-state index < -0.39 is 15.8 Å². The van der Waals surface area contributed by atoms with E-state index in [9.17, 15) is 12.8 Å². The van der Waals surface area contributed by atoms with Crippen molar-refractivity contribution in [2.45, 2.75) is 13.5 Å². The molecule has 1 aromatic carbocycles. The zero-order valence-electron chi connectivity index (χ0n) is 11.5. The fourth-order valence-corrected chi connectivity index (χ4v) is 2.34. The van der Waals surface area contributed by atoms with Crippen LogP contribution >= 0.6 is 0 Å². The largest absolute Gasteiger partial charge is 0.409 e. The van der Waals surface area contributed by atoms with E-state index in [0.29, 0.717) is 6.61 Å². The summed E-state index contributed by atoms with van der Waals surface area (Å²) in [7, 11) is -3.53. The zero-order chi connectivity index (χ0) is 15.9. The van der Waals surface area contributed by atoms with Gasteiger partial charge in [0, 0.05) is 24.3 Å². The Morgan fingerprint density at radius 1 is 1.52 bits per heavy atom. The van der Waals surface area contributed by atoms with Gasteiger partial charge in [0.1, 0.15) is 5.82 Å². The molecule has 21 heavy (non-hydrogen) atoms. The number of nitrogens with two attached hydrogens (primary N) is 1. The lowest BCUT2D eigenvalue weighted by Gasteiger charge is -2.08. The number of nitrogens with zero attached hydrogens (tertiary/aromatic N) is 1. The lowest BCUT2D eigenvalue weighted by atomic mass is 10.1. The van der Waals surface area contributed by atoms with Gasteiger partial charge in [-0.3, -0.25) is 0 Å². The Kier molecular flexibility index (Phi) is 6.53. The Morgan fingerprint density at radius 3 is 2.81 bits per heavy atom. The van der Waals surface area contributed by atoms with Crippen LogP contribution in [0.3, 0.4) is 0 Å². The summed E-state index contributed by atoms with van der Waals surface area (Å²) in [5, 5.41) is 11.3. The number of ether oxygens (including phenoxy) is 1. The maximum atomic E-state index is 13.8. The molecule has 0 fully saturated rings. The highest BCUT2D eigenvalue weighted by Crippen LogP contribution is 2.10. The molecule has 0 aliphatic carbocycles. The Bertz CT molecular complexity index is 605. The van der Waals surface area contributed by atoms with E-state index in [1.807, 2.05) is 0 Å². The number of hydrogen-bond donors (Lipinski definition) is 3. The molecule has 0 bridgehead atoms. The van der Waals surface area contributed by atoms with Gasteiger partial charge in [0.25, 0.3) is 0 Å². The Hall–Kier alpha value is -1.71. The van der Waals surface area contributed by atoms with Crippen LogP contribution in [0.2, 0.25) is 0 Å². The highest BCUT2D eigenvalue weighted by atomic mass is 32.2. The number of oxime groups is 1. The van der Waals surface area contributed by atoms with Crippen molar-refractivity contribution >= 4 is 15.9 Å². The second kappa shape index (κ2) is 7.91. The molecule has 0 radical (unpaired) electrons. The molecule has 7 nitrogen and oxygen atoms in total. The van der Waals surface area contributed by atoms with Gasteiger partial charge in [-0.1, -0.05) is 17.3 Å². The van der Waals surface area contributed by atoms with Crippen molar-refractivity contribution in [3.8, 4) is 0 Å². The van der Waals surface area contributed by atoms with Gasteiger partial charge < -0.3 is 15.7 Å². The quantitative estimate of drug-likeness (QED) is 0.211. The van der Waals surface area contributed by atoms with Gasteiger partial charge in [-0.2, -0.15) is 0 Å². The molecular formula is C12H18FN3O4S. The van der Waals surface area contributed by atoms with E-state index in [1.54, 1.807) is 6.92 Å². The van der Waals surface area contributed by atoms with Crippen molar-refractivity contribution in [1.82, 2.24) is 4.72 Å². The van der Waals surface area contributed by atoms with Crippen LogP contribution in [-0.2, 0) is 21.3 Å². The van der Waals surface area contributed by atoms with Crippen LogP contribution in [0.4, 0.5) is 4.39 Å². The fraction of sp³-hybridized carbons (Fsp3) is 0.417. The predicted octanol–water partition coefficient (Wildman–Crippen LogP) is 0.376. The molecule has 118 valence electrons. The van der Waals surface area contributed by atoms with E-state index in [4.69, 9.17) is 15.7 Å². The molecule has 0 saturated heterocycles. The highest BCUT2D eigenvalue weighted by molar-refractivity contribution is 7.89. The molecule has 0 aliphatic heterocycles. The van der Waals surface area contributed by atoms with E-state index in [1.165, 1.54) is 12.1 Å². The monoisotopic (exact) mass is 319 g/mol. The van der Waals surface area contributed by atoms with Crippen LogP contribution in [0.5, 0.6) is 0 Å². The van der Waals surface area contributed by atoms with Gasteiger partial charge in [-0.15, -0.1) is 0 Å². The number of rotatable bonds is 8. The summed E-state index contributed by atoms with van der Waals surface area (Å²) < 4.78 is 44.3. The van der Waals surface area contributed by atoms with Crippen molar-refractivity contribution in [3.05, 3.63) is 35.1 Å². The lowest BCUT2D eigenvalue weighted by Crippen LogP contribution is -2.28. The average molecular weight is 319 g/mol. The van der Waals surface area contributed by atoms with E-state index in [0.717, 1.165) is 6.07 Å². The summed E-state index contributed by atoms with van der Waals surface area (Å²) in [6, 6.07) is 3.87. The standard InChI is InChI=1S/C12H18FN3O4S/c1-2-20-5-6-21(18,19)15-8-10-4-3-9(7-11(10)13)12(14)16-17/h3-4,7,15,17H,2,5-6,8H2,1H3,(H2,14,16). The summed E-state index contributed by atoms with van der Waals surface area (Å²) in [5.41, 5.74) is 5.70. The van der Waals surface area contributed by atoms with E-state index >= 15 is 0 Å². The fourth-order valence-electron chi connectivity index (χ4n) is 1.48. The highest BCUT2D eigenvalue weighted by Gasteiger charge is 2.12. The van der Waals surface area contributed by atoms with E-state index in [2.05, 4.69) is 9.88 Å². The van der Waals surface area contributed by atoms with Gasteiger partial charge in [-0.05, 0) is 13.0 Å². The second-order valence-electron chi connectivity index (χ2n) is 4.13. The first-order chi connectivity index (χ1) is 9.89. The molecule has 1 rings (SSSR count). The summed E-state index contributed by atoms with van der Waals surface area (Å²) in [6.07, 6.45) is 0. The SMILES string of the molecule is CCOCCS(=O)(=O)NCc1ccc(C(N)=NO)cc1F. The van der Waals surface area contributed by atoms with Gasteiger partial charge in [0.2, 0.25) is 10.0 Å². The molecule has 0 heterocycles. The summed E-state index contributed by atoms with van der Waals surface area (Å²) in [5.74, 6) is -1.06. The molecule has 0 unspecified atom stereocenters.